The van der Waals surface area contributed by atoms with Crippen molar-refractivity contribution in [2.75, 3.05) is 29.1 Å². The van der Waals surface area contributed by atoms with E-state index >= 15 is 0 Å². The van der Waals surface area contributed by atoms with Crippen LogP contribution in [0.3, 0.4) is 0 Å². The molecule has 1 N–H and O–H groups in total. The van der Waals surface area contributed by atoms with Crippen LogP contribution >= 0.6 is 23.1 Å². The molecule has 6 nitrogen and oxygen atoms in total. The van der Waals surface area contributed by atoms with Gasteiger partial charge in [0.2, 0.25) is 5.91 Å². The van der Waals surface area contributed by atoms with E-state index in [1.54, 1.807) is 11.3 Å². The maximum absolute atomic E-state index is 12.3. The van der Waals surface area contributed by atoms with Crippen LogP contribution in [0.2, 0.25) is 0 Å². The highest BCUT2D eigenvalue weighted by molar-refractivity contribution is 8.00. The van der Waals surface area contributed by atoms with Gasteiger partial charge in [-0.2, -0.15) is 4.98 Å². The molecule has 146 valence electrons. The number of carbonyl (C=O) groups excluding carboxylic acids is 1. The second-order valence-electron chi connectivity index (χ2n) is 7.22. The fraction of sp³-hybridized carbons (Fsp3) is 0.400. The lowest BCUT2D eigenvalue weighted by Gasteiger charge is -2.30. The Morgan fingerprint density at radius 1 is 1.32 bits per heavy atom. The second kappa shape index (κ2) is 8.45. The van der Waals surface area contributed by atoms with Crippen LogP contribution in [-0.2, 0) is 4.79 Å². The van der Waals surface area contributed by atoms with Crippen molar-refractivity contribution < 1.29 is 4.79 Å². The molecular formula is C20H23N5OS2. The standard InChI is InChI=1S/C20H23N5OS2/c1-13-5-7-15(8-6-13)23-16(26)11-27-19-17-18(21-12-22-19)24-20(28-17)25-9-3-4-14(2)10-25/h5-8,12,14H,3-4,9-11H2,1-2H3,(H,23,26)/t14-/m1/s1. The number of hydrogen-bond donors (Lipinski definition) is 1. The summed E-state index contributed by atoms with van der Waals surface area (Å²) in [6.45, 7) is 6.39. The predicted molar refractivity (Wildman–Crippen MR) is 116 cm³/mol. The average molecular weight is 414 g/mol. The van der Waals surface area contributed by atoms with Crippen molar-refractivity contribution >= 4 is 50.2 Å². The van der Waals surface area contributed by atoms with Crippen molar-refractivity contribution in [3.63, 3.8) is 0 Å². The molecular weight excluding hydrogens is 390 g/mol. The quantitative estimate of drug-likeness (QED) is 0.495. The predicted octanol–water partition coefficient (Wildman–Crippen LogP) is 4.36. The van der Waals surface area contributed by atoms with E-state index in [4.69, 9.17) is 4.98 Å². The minimum Gasteiger partial charge on any atom is -0.348 e. The van der Waals surface area contributed by atoms with Crippen LogP contribution in [0.1, 0.15) is 25.3 Å². The van der Waals surface area contributed by atoms with Gasteiger partial charge in [-0.3, -0.25) is 4.79 Å². The first-order valence-corrected chi connectivity index (χ1v) is 11.2. The molecule has 0 saturated carbocycles. The minimum absolute atomic E-state index is 0.0461. The molecule has 1 atom stereocenters. The Morgan fingerprint density at radius 2 is 2.14 bits per heavy atom. The monoisotopic (exact) mass is 413 g/mol. The van der Waals surface area contributed by atoms with E-state index < -0.39 is 0 Å². The number of thioether (sulfide) groups is 1. The zero-order chi connectivity index (χ0) is 19.5. The maximum atomic E-state index is 12.3. The number of thiazole rings is 1. The first-order valence-electron chi connectivity index (χ1n) is 9.44. The van der Waals surface area contributed by atoms with E-state index in [9.17, 15) is 4.79 Å². The van der Waals surface area contributed by atoms with E-state index in [1.807, 2.05) is 31.2 Å². The molecule has 1 aliphatic heterocycles. The van der Waals surface area contributed by atoms with Gasteiger partial charge in [0.1, 0.15) is 16.1 Å². The van der Waals surface area contributed by atoms with Gasteiger partial charge in [-0.1, -0.05) is 47.7 Å². The van der Waals surface area contributed by atoms with Crippen LogP contribution in [0.15, 0.2) is 35.6 Å². The van der Waals surface area contributed by atoms with Gasteiger partial charge >= 0.3 is 0 Å². The molecule has 2 aromatic heterocycles. The smallest absolute Gasteiger partial charge is 0.234 e. The number of nitrogens with zero attached hydrogens (tertiary/aromatic N) is 4. The number of aryl methyl sites for hydroxylation is 1. The first-order chi connectivity index (χ1) is 13.6. The summed E-state index contributed by atoms with van der Waals surface area (Å²) in [5.74, 6) is 0.940. The Kier molecular flexibility index (Phi) is 5.77. The number of amides is 1. The zero-order valence-electron chi connectivity index (χ0n) is 16.0. The lowest BCUT2D eigenvalue weighted by Crippen LogP contribution is -2.34. The number of benzene rings is 1. The van der Waals surface area contributed by atoms with Gasteiger partial charge in [-0.25, -0.2) is 9.97 Å². The van der Waals surface area contributed by atoms with Crippen LogP contribution in [0.5, 0.6) is 0 Å². The van der Waals surface area contributed by atoms with E-state index in [2.05, 4.69) is 27.1 Å². The van der Waals surface area contributed by atoms with Crippen molar-refractivity contribution in [2.24, 2.45) is 5.92 Å². The Morgan fingerprint density at radius 3 is 2.93 bits per heavy atom. The van der Waals surface area contributed by atoms with Crippen LogP contribution in [0.25, 0.3) is 10.3 Å². The van der Waals surface area contributed by atoms with Crippen molar-refractivity contribution in [3.05, 3.63) is 36.2 Å². The fourth-order valence-corrected chi connectivity index (χ4v) is 5.22. The summed E-state index contributed by atoms with van der Waals surface area (Å²) in [6.07, 6.45) is 4.01. The Hall–Kier alpha value is -2.19. The number of nitrogens with one attached hydrogen (secondary N) is 1. The maximum Gasteiger partial charge on any atom is 0.234 e. The summed E-state index contributed by atoms with van der Waals surface area (Å²) in [4.78, 5) is 28.1. The molecule has 0 unspecified atom stereocenters. The number of fused-ring (bicyclic) bond motifs is 1. The van der Waals surface area contributed by atoms with Crippen LogP contribution in [0.4, 0.5) is 10.8 Å². The third-order valence-corrected chi connectivity index (χ3v) is 6.98. The van der Waals surface area contributed by atoms with Gasteiger partial charge < -0.3 is 10.2 Å². The molecule has 1 aromatic carbocycles. The molecule has 28 heavy (non-hydrogen) atoms. The molecule has 1 aliphatic rings. The Bertz CT molecular complexity index is 972. The molecule has 3 heterocycles. The number of carbonyl (C=O) groups is 1. The molecule has 1 fully saturated rings. The molecule has 0 aliphatic carbocycles. The largest absolute Gasteiger partial charge is 0.348 e. The van der Waals surface area contributed by atoms with Crippen LogP contribution in [0, 0.1) is 12.8 Å². The Labute approximate surface area is 172 Å². The molecule has 8 heteroatoms. The first kappa shape index (κ1) is 19.1. The zero-order valence-corrected chi connectivity index (χ0v) is 17.6. The molecule has 0 spiro atoms. The second-order valence-corrected chi connectivity index (χ2v) is 9.17. The van der Waals surface area contributed by atoms with Gasteiger partial charge in [0.15, 0.2) is 10.8 Å². The summed E-state index contributed by atoms with van der Waals surface area (Å²) in [6, 6.07) is 7.79. The van der Waals surface area contributed by atoms with Gasteiger partial charge in [0.25, 0.3) is 0 Å². The lowest BCUT2D eigenvalue weighted by molar-refractivity contribution is -0.113. The normalized spacial score (nSPS) is 17.1. The third kappa shape index (κ3) is 4.44. The van der Waals surface area contributed by atoms with E-state index in [1.165, 1.54) is 36.5 Å². The molecule has 0 radical (unpaired) electrons. The van der Waals surface area contributed by atoms with E-state index in [0.717, 1.165) is 39.3 Å². The molecule has 0 bridgehead atoms. The van der Waals surface area contributed by atoms with Gasteiger partial charge in [0, 0.05) is 18.8 Å². The Balaban J connectivity index is 1.44. The summed E-state index contributed by atoms with van der Waals surface area (Å²) >= 11 is 3.06. The summed E-state index contributed by atoms with van der Waals surface area (Å²) in [5, 5.41) is 4.75. The molecule has 3 aromatic rings. The number of hydrogen-bond acceptors (Lipinski definition) is 7. The van der Waals surface area contributed by atoms with Gasteiger partial charge in [0.05, 0.1) is 5.75 Å². The summed E-state index contributed by atoms with van der Waals surface area (Å²) in [5.41, 5.74) is 2.69. The number of piperidine rings is 1. The summed E-state index contributed by atoms with van der Waals surface area (Å²) < 4.78 is 0.962. The van der Waals surface area contributed by atoms with Crippen molar-refractivity contribution in [3.8, 4) is 0 Å². The van der Waals surface area contributed by atoms with Gasteiger partial charge in [-0.05, 0) is 37.8 Å². The highest BCUT2D eigenvalue weighted by Crippen LogP contribution is 2.35. The van der Waals surface area contributed by atoms with Crippen molar-refractivity contribution in [2.45, 2.75) is 31.7 Å². The lowest BCUT2D eigenvalue weighted by atomic mass is 10.0. The summed E-state index contributed by atoms with van der Waals surface area (Å²) in [7, 11) is 0. The minimum atomic E-state index is -0.0461. The number of aromatic nitrogens is 3. The highest BCUT2D eigenvalue weighted by atomic mass is 32.2. The molecule has 1 amide bonds. The van der Waals surface area contributed by atoms with E-state index in [-0.39, 0.29) is 5.91 Å². The molecule has 1 saturated heterocycles. The van der Waals surface area contributed by atoms with Crippen LogP contribution < -0.4 is 10.2 Å². The topological polar surface area (TPSA) is 71.0 Å². The third-order valence-electron chi connectivity index (χ3n) is 4.75. The number of anilines is 2. The molecule has 4 rings (SSSR count). The number of rotatable bonds is 5. The fourth-order valence-electron chi connectivity index (χ4n) is 3.29. The van der Waals surface area contributed by atoms with E-state index in [0.29, 0.717) is 11.7 Å². The average Bonchev–Trinajstić information content (AvgIpc) is 3.13. The SMILES string of the molecule is Cc1ccc(NC(=O)CSc2ncnc3nc(N4CCC[C@@H](C)C4)sc23)cc1. The van der Waals surface area contributed by atoms with Crippen molar-refractivity contribution in [1.29, 1.82) is 0 Å². The van der Waals surface area contributed by atoms with Crippen molar-refractivity contribution in [1.82, 2.24) is 15.0 Å². The van der Waals surface area contributed by atoms with Gasteiger partial charge in [-0.15, -0.1) is 0 Å². The van der Waals surface area contributed by atoms with Crippen LogP contribution in [-0.4, -0.2) is 39.7 Å². The highest BCUT2D eigenvalue weighted by Gasteiger charge is 2.21.